The van der Waals surface area contributed by atoms with Crippen molar-refractivity contribution in [2.45, 2.75) is 6.92 Å². The molecule has 0 aliphatic rings. The molecule has 0 unspecified atom stereocenters. The van der Waals surface area contributed by atoms with Gasteiger partial charge in [-0.2, -0.15) is 0 Å². The van der Waals surface area contributed by atoms with E-state index in [1.165, 1.54) is 0 Å². The molecule has 0 aliphatic carbocycles. The molecule has 0 atom stereocenters. The van der Waals surface area contributed by atoms with E-state index in [1.807, 2.05) is 43.4 Å². The summed E-state index contributed by atoms with van der Waals surface area (Å²) in [5.74, 6) is 0. The number of hydrogen-bond acceptors (Lipinski definition) is 0. The van der Waals surface area contributed by atoms with Crippen LogP contribution in [0.3, 0.4) is 0 Å². The summed E-state index contributed by atoms with van der Waals surface area (Å²) in [7, 11) is 0. The zero-order valence-electron chi connectivity index (χ0n) is 12.0. The van der Waals surface area contributed by atoms with Crippen molar-refractivity contribution in [1.82, 2.24) is 0 Å². The van der Waals surface area contributed by atoms with Crippen LogP contribution < -0.4 is 0 Å². The summed E-state index contributed by atoms with van der Waals surface area (Å²) in [4.78, 5) is 0. The summed E-state index contributed by atoms with van der Waals surface area (Å²) in [6, 6.07) is 0. The van der Waals surface area contributed by atoms with Gasteiger partial charge in [0.05, 0.1) is 0 Å². The highest BCUT2D eigenvalue weighted by atomic mass is 14.0. The first kappa shape index (κ1) is 19.0. The number of allylic oxidation sites excluding steroid dienone is 11. The van der Waals surface area contributed by atoms with Crippen LogP contribution in [0.15, 0.2) is 111 Å². The van der Waals surface area contributed by atoms with Gasteiger partial charge in [-0.25, -0.2) is 0 Å². The van der Waals surface area contributed by atoms with Crippen molar-refractivity contribution in [3.8, 4) is 0 Å². The summed E-state index contributed by atoms with van der Waals surface area (Å²) in [6.45, 7) is 27.2. The minimum absolute atomic E-state index is 0.845. The molecule has 0 radical (unpaired) electrons. The molecule has 0 fully saturated rings. The Morgan fingerprint density at radius 1 is 0.684 bits per heavy atom. The van der Waals surface area contributed by atoms with E-state index in [-0.39, 0.29) is 0 Å². The fourth-order valence-corrected chi connectivity index (χ4v) is 1.01. The molecule has 0 saturated carbocycles. The lowest BCUT2D eigenvalue weighted by molar-refractivity contribution is 1.54. The fourth-order valence-electron chi connectivity index (χ4n) is 1.01. The molecule has 0 bridgehead atoms. The first-order valence-electron chi connectivity index (χ1n) is 5.89. The van der Waals surface area contributed by atoms with E-state index in [0.29, 0.717) is 0 Å². The van der Waals surface area contributed by atoms with E-state index in [1.54, 1.807) is 6.08 Å². The fraction of sp³-hybridized carbons (Fsp3) is 0.0526. The van der Waals surface area contributed by atoms with Gasteiger partial charge in [0, 0.05) is 0 Å². The molecule has 0 rings (SSSR count). The zero-order valence-corrected chi connectivity index (χ0v) is 12.0. The molecule has 0 aliphatic heterocycles. The smallest absolute Gasteiger partial charge is 0.0262 e. The lowest BCUT2D eigenvalue weighted by Gasteiger charge is -2.01. The monoisotopic (exact) mass is 252 g/mol. The molecular weight excluding hydrogens is 228 g/mol. The first-order chi connectivity index (χ1) is 9.02. The second-order valence-corrected chi connectivity index (χ2v) is 3.53. The Hall–Kier alpha value is -2.34. The van der Waals surface area contributed by atoms with Gasteiger partial charge in [0.1, 0.15) is 0 Å². The van der Waals surface area contributed by atoms with E-state index in [9.17, 15) is 0 Å². The van der Waals surface area contributed by atoms with Gasteiger partial charge in [-0.1, -0.05) is 75.4 Å². The topological polar surface area (TPSA) is 0 Å². The largest absolute Gasteiger partial charge is 0.106 e. The Kier molecular flexibility index (Phi) is 12.1. The van der Waals surface area contributed by atoms with Gasteiger partial charge < -0.3 is 0 Å². The van der Waals surface area contributed by atoms with Crippen molar-refractivity contribution >= 4 is 0 Å². The number of rotatable bonds is 7. The van der Waals surface area contributed by atoms with E-state index < -0.39 is 0 Å². The third-order valence-corrected chi connectivity index (χ3v) is 2.11. The summed E-state index contributed by atoms with van der Waals surface area (Å²) < 4.78 is 0. The van der Waals surface area contributed by atoms with Gasteiger partial charge >= 0.3 is 0 Å². The second-order valence-electron chi connectivity index (χ2n) is 3.53. The molecule has 0 nitrogen and oxygen atoms in total. The summed E-state index contributed by atoms with van der Waals surface area (Å²) >= 11 is 0. The van der Waals surface area contributed by atoms with Gasteiger partial charge in [-0.15, -0.1) is 13.2 Å². The normalized spacial score (nSPS) is 10.2. The minimum atomic E-state index is 0.845. The zero-order chi connectivity index (χ0) is 15.3. The van der Waals surface area contributed by atoms with Crippen LogP contribution in [-0.4, -0.2) is 0 Å². The average Bonchev–Trinajstić information content (AvgIpc) is 2.43. The molecule has 100 valence electrons. The van der Waals surface area contributed by atoms with Crippen LogP contribution in [0.2, 0.25) is 0 Å². The molecule has 19 heavy (non-hydrogen) atoms. The molecule has 0 aromatic rings. The highest BCUT2D eigenvalue weighted by Crippen LogP contribution is 2.13. The van der Waals surface area contributed by atoms with E-state index >= 15 is 0 Å². The third-order valence-electron chi connectivity index (χ3n) is 2.11. The Labute approximate surface area is 118 Å². The highest BCUT2D eigenvalue weighted by molar-refractivity contribution is 5.49. The predicted molar refractivity (Wildman–Crippen MR) is 91.1 cm³/mol. The quantitative estimate of drug-likeness (QED) is 0.391. The Morgan fingerprint density at radius 2 is 1.05 bits per heavy atom. The van der Waals surface area contributed by atoms with Crippen molar-refractivity contribution in [3.05, 3.63) is 111 Å². The molecule has 0 spiro atoms. The van der Waals surface area contributed by atoms with Crippen LogP contribution in [-0.2, 0) is 0 Å². The molecule has 0 amide bonds. The maximum absolute atomic E-state index is 3.92. The van der Waals surface area contributed by atoms with Crippen molar-refractivity contribution in [2.24, 2.45) is 0 Å². The van der Waals surface area contributed by atoms with Crippen LogP contribution in [0, 0.1) is 0 Å². The van der Waals surface area contributed by atoms with Gasteiger partial charge in [0.25, 0.3) is 0 Å². The highest BCUT2D eigenvalue weighted by Gasteiger charge is 1.93. The second kappa shape index (κ2) is 12.1. The van der Waals surface area contributed by atoms with Crippen molar-refractivity contribution in [2.75, 3.05) is 0 Å². The van der Waals surface area contributed by atoms with Gasteiger partial charge in [0.2, 0.25) is 0 Å². The average molecular weight is 252 g/mol. The minimum Gasteiger partial charge on any atom is -0.106 e. The third kappa shape index (κ3) is 9.37. The Bertz CT molecular complexity index is 437. The van der Waals surface area contributed by atoms with Crippen LogP contribution in [0.25, 0.3) is 0 Å². The summed E-state index contributed by atoms with van der Waals surface area (Å²) in [5, 5.41) is 0. The first-order valence-corrected chi connectivity index (χ1v) is 5.89. The summed E-state index contributed by atoms with van der Waals surface area (Å²) in [5.41, 5.74) is 3.46. The maximum atomic E-state index is 3.92. The van der Waals surface area contributed by atoms with Crippen LogP contribution in [0.5, 0.6) is 0 Å². The molecule has 0 aromatic carbocycles. The van der Waals surface area contributed by atoms with Crippen molar-refractivity contribution < 1.29 is 0 Å². The molecule has 0 heteroatoms. The van der Waals surface area contributed by atoms with Gasteiger partial charge in [-0.05, 0) is 29.2 Å². The predicted octanol–water partition coefficient (Wildman–Crippen LogP) is 5.89. The van der Waals surface area contributed by atoms with Gasteiger partial charge in [-0.3, -0.25) is 0 Å². The summed E-state index contributed by atoms with van der Waals surface area (Å²) in [6.07, 6.45) is 13.0. The van der Waals surface area contributed by atoms with Gasteiger partial charge in [0.15, 0.2) is 0 Å². The SMILES string of the molecule is C=C.C=C/C=C\C(=C)C(=C)/C=C\C(=C)C(=C)/C=C\C. The maximum Gasteiger partial charge on any atom is -0.0262 e. The van der Waals surface area contributed by atoms with Crippen LogP contribution in [0.4, 0.5) is 0 Å². The lowest BCUT2D eigenvalue weighted by atomic mass is 10.0. The Balaban J connectivity index is 0. The molecule has 0 N–H and O–H groups in total. The van der Waals surface area contributed by atoms with Crippen LogP contribution in [0.1, 0.15) is 6.92 Å². The lowest BCUT2D eigenvalue weighted by Crippen LogP contribution is -1.81. The van der Waals surface area contributed by atoms with Crippen molar-refractivity contribution in [1.29, 1.82) is 0 Å². The van der Waals surface area contributed by atoms with Crippen LogP contribution >= 0.6 is 0 Å². The van der Waals surface area contributed by atoms with E-state index in [0.717, 1.165) is 22.3 Å². The molecule has 0 saturated heterocycles. The Morgan fingerprint density at radius 3 is 1.42 bits per heavy atom. The van der Waals surface area contributed by atoms with E-state index in [2.05, 4.69) is 46.1 Å². The van der Waals surface area contributed by atoms with Crippen molar-refractivity contribution in [3.63, 3.8) is 0 Å². The molecule has 0 heterocycles. The number of hydrogen-bond donors (Lipinski definition) is 0. The van der Waals surface area contributed by atoms with E-state index in [4.69, 9.17) is 0 Å². The molecule has 0 aromatic heterocycles. The standard InChI is InChI=1S/C17H20.C2H4/c1-7-9-11-15(4)17(6)13-12-16(5)14(3)10-8-2;1-2/h7-13H,1,3-6H2,2H3;1-2H2/b10-8-,11-9-,13-12-;. The molecular formula is C19H24.